The Balaban J connectivity index is 1.86. The van der Waals surface area contributed by atoms with Crippen molar-refractivity contribution < 1.29 is 4.79 Å². The highest BCUT2D eigenvalue weighted by atomic mass is 32.1. The van der Waals surface area contributed by atoms with E-state index in [1.807, 2.05) is 52.5 Å². The fraction of sp³-hybridized carbons (Fsp3) is 0.0556. The largest absolute Gasteiger partial charge is 0.319 e. The third kappa shape index (κ3) is 3.62. The Hall–Kier alpha value is -2.97. The third-order valence-electron chi connectivity index (χ3n) is 3.31. The molecular weight excluding hydrogens is 306 g/mol. The number of hydrogen-bond acceptors (Lipinski definition) is 3. The highest BCUT2D eigenvalue weighted by Crippen LogP contribution is 2.06. The molecule has 3 rings (SSSR count). The lowest BCUT2D eigenvalue weighted by molar-refractivity contribution is 0.0998. The van der Waals surface area contributed by atoms with Gasteiger partial charge in [-0.2, -0.15) is 10.3 Å². The van der Waals surface area contributed by atoms with E-state index in [9.17, 15) is 4.79 Å². The summed E-state index contributed by atoms with van der Waals surface area (Å²) in [7, 11) is 0. The minimum Gasteiger partial charge on any atom is -0.319 e. The second-order valence-corrected chi connectivity index (χ2v) is 5.78. The first-order valence-corrected chi connectivity index (χ1v) is 7.91. The van der Waals surface area contributed by atoms with Gasteiger partial charge in [-0.1, -0.05) is 30.3 Å². The van der Waals surface area contributed by atoms with Crippen molar-refractivity contribution in [1.29, 1.82) is 5.26 Å². The summed E-state index contributed by atoms with van der Waals surface area (Å²) in [6.07, 6.45) is 1.92. The van der Waals surface area contributed by atoms with E-state index in [-0.39, 0.29) is 5.91 Å². The first-order valence-electron chi connectivity index (χ1n) is 7.03. The van der Waals surface area contributed by atoms with Gasteiger partial charge in [0.25, 0.3) is 5.91 Å². The zero-order chi connectivity index (χ0) is 16.1. The summed E-state index contributed by atoms with van der Waals surface area (Å²) >= 11 is 1.42. The number of carbonyl (C=O) groups is 1. The lowest BCUT2D eigenvalue weighted by Crippen LogP contribution is -2.17. The van der Waals surface area contributed by atoms with Crippen LogP contribution in [0.25, 0.3) is 0 Å². The summed E-state index contributed by atoms with van der Waals surface area (Å²) < 4.78 is 1.95. The van der Waals surface area contributed by atoms with Crippen LogP contribution in [-0.4, -0.2) is 10.5 Å². The van der Waals surface area contributed by atoms with Crippen LogP contribution in [0.4, 0.5) is 0 Å². The average Bonchev–Trinajstić information content (AvgIpc) is 3.02. The number of aromatic nitrogens is 1. The molecule has 0 N–H and O–H groups in total. The predicted molar refractivity (Wildman–Crippen MR) is 88.9 cm³/mol. The molecule has 112 valence electrons. The van der Waals surface area contributed by atoms with E-state index in [4.69, 9.17) is 5.26 Å². The minimum absolute atomic E-state index is 0.307. The number of carbonyl (C=O) groups excluding carboxylic acids is 1. The number of rotatable bonds is 3. The standard InChI is InChI=1S/C18H13N3OS/c19-12-14-6-8-16(9-7-14)17(22)20-18-21(10-11-23-18)13-15-4-2-1-3-5-15/h1-11H,13H2. The van der Waals surface area contributed by atoms with Gasteiger partial charge in [0.05, 0.1) is 11.6 Å². The topological polar surface area (TPSA) is 58.1 Å². The maximum atomic E-state index is 12.3. The molecule has 1 amide bonds. The highest BCUT2D eigenvalue weighted by molar-refractivity contribution is 7.07. The summed E-state index contributed by atoms with van der Waals surface area (Å²) in [6.45, 7) is 0.670. The van der Waals surface area contributed by atoms with Gasteiger partial charge in [-0.3, -0.25) is 4.79 Å². The van der Waals surface area contributed by atoms with E-state index in [1.165, 1.54) is 11.3 Å². The van der Waals surface area contributed by atoms with Crippen molar-refractivity contribution in [3.8, 4) is 6.07 Å². The van der Waals surface area contributed by atoms with Crippen LogP contribution < -0.4 is 4.80 Å². The SMILES string of the molecule is N#Cc1ccc(C(=O)N=c2sccn2Cc2ccccc2)cc1. The Labute approximate surface area is 137 Å². The zero-order valence-electron chi connectivity index (χ0n) is 12.2. The Morgan fingerprint density at radius 2 is 1.87 bits per heavy atom. The van der Waals surface area contributed by atoms with Crippen molar-refractivity contribution >= 4 is 17.2 Å². The quantitative estimate of drug-likeness (QED) is 0.744. The first kappa shape index (κ1) is 14.9. The maximum absolute atomic E-state index is 12.3. The van der Waals surface area contributed by atoms with Crippen molar-refractivity contribution in [2.75, 3.05) is 0 Å². The van der Waals surface area contributed by atoms with Gasteiger partial charge in [0.2, 0.25) is 0 Å². The fourth-order valence-corrected chi connectivity index (χ4v) is 2.85. The van der Waals surface area contributed by atoms with Gasteiger partial charge in [0.15, 0.2) is 4.80 Å². The van der Waals surface area contributed by atoms with Gasteiger partial charge >= 0.3 is 0 Å². The van der Waals surface area contributed by atoms with Crippen molar-refractivity contribution in [2.45, 2.75) is 6.54 Å². The minimum atomic E-state index is -0.307. The van der Waals surface area contributed by atoms with E-state index in [1.54, 1.807) is 24.3 Å². The third-order valence-corrected chi connectivity index (χ3v) is 4.11. The molecule has 1 aromatic heterocycles. The van der Waals surface area contributed by atoms with Crippen LogP contribution in [0.1, 0.15) is 21.5 Å². The van der Waals surface area contributed by atoms with Gasteiger partial charge < -0.3 is 4.57 Å². The van der Waals surface area contributed by atoms with Gasteiger partial charge in [-0.25, -0.2) is 0 Å². The summed E-state index contributed by atoms with van der Waals surface area (Å²) in [6, 6.07) is 18.5. The zero-order valence-corrected chi connectivity index (χ0v) is 13.0. The number of amides is 1. The molecule has 0 unspecified atom stereocenters. The Morgan fingerprint density at radius 1 is 1.13 bits per heavy atom. The van der Waals surface area contributed by atoms with Crippen LogP contribution in [-0.2, 0) is 6.54 Å². The lowest BCUT2D eigenvalue weighted by atomic mass is 10.1. The molecule has 0 bridgehead atoms. The molecule has 0 radical (unpaired) electrons. The Bertz CT molecular complexity index is 915. The molecule has 5 heteroatoms. The average molecular weight is 319 g/mol. The molecule has 1 heterocycles. The van der Waals surface area contributed by atoms with E-state index in [0.717, 1.165) is 5.56 Å². The Kier molecular flexibility index (Phi) is 4.46. The van der Waals surface area contributed by atoms with Gasteiger partial charge in [0.1, 0.15) is 0 Å². The molecule has 2 aromatic carbocycles. The molecule has 0 saturated heterocycles. The van der Waals surface area contributed by atoms with E-state index >= 15 is 0 Å². The summed E-state index contributed by atoms with van der Waals surface area (Å²) in [4.78, 5) is 17.1. The molecule has 0 aliphatic heterocycles. The molecule has 0 aliphatic carbocycles. The maximum Gasteiger partial charge on any atom is 0.279 e. The normalized spacial score (nSPS) is 11.2. The second kappa shape index (κ2) is 6.86. The van der Waals surface area contributed by atoms with Crippen molar-refractivity contribution in [3.63, 3.8) is 0 Å². The first-order chi connectivity index (χ1) is 11.3. The van der Waals surface area contributed by atoms with Crippen molar-refractivity contribution in [3.05, 3.63) is 87.7 Å². The summed E-state index contributed by atoms with van der Waals surface area (Å²) in [5, 5.41) is 10.7. The van der Waals surface area contributed by atoms with Crippen LogP contribution in [0.3, 0.4) is 0 Å². The van der Waals surface area contributed by atoms with Crippen LogP contribution >= 0.6 is 11.3 Å². The summed E-state index contributed by atoms with van der Waals surface area (Å²) in [5.74, 6) is -0.307. The monoisotopic (exact) mass is 319 g/mol. The number of nitriles is 1. The lowest BCUT2D eigenvalue weighted by Gasteiger charge is -2.02. The molecule has 0 atom stereocenters. The molecule has 23 heavy (non-hydrogen) atoms. The molecule has 0 spiro atoms. The Morgan fingerprint density at radius 3 is 2.57 bits per heavy atom. The second-order valence-electron chi connectivity index (χ2n) is 4.91. The molecule has 0 aliphatic rings. The van der Waals surface area contributed by atoms with Gasteiger partial charge in [0, 0.05) is 23.7 Å². The number of hydrogen-bond donors (Lipinski definition) is 0. The number of nitrogens with zero attached hydrogens (tertiary/aromatic N) is 3. The van der Waals surface area contributed by atoms with Crippen molar-refractivity contribution in [1.82, 2.24) is 4.57 Å². The van der Waals surface area contributed by atoms with E-state index < -0.39 is 0 Å². The van der Waals surface area contributed by atoms with Crippen molar-refractivity contribution in [2.24, 2.45) is 4.99 Å². The molecule has 3 aromatic rings. The van der Waals surface area contributed by atoms with Crippen LogP contribution in [0.15, 0.2) is 71.2 Å². The van der Waals surface area contributed by atoms with Gasteiger partial charge in [-0.05, 0) is 29.8 Å². The van der Waals surface area contributed by atoms with Crippen LogP contribution in [0, 0.1) is 11.3 Å². The highest BCUT2D eigenvalue weighted by Gasteiger charge is 2.05. The van der Waals surface area contributed by atoms with E-state index in [2.05, 4.69) is 4.99 Å². The van der Waals surface area contributed by atoms with Crippen LogP contribution in [0.5, 0.6) is 0 Å². The molecule has 4 nitrogen and oxygen atoms in total. The van der Waals surface area contributed by atoms with Gasteiger partial charge in [-0.15, -0.1) is 11.3 Å². The van der Waals surface area contributed by atoms with Crippen LogP contribution in [0.2, 0.25) is 0 Å². The fourth-order valence-electron chi connectivity index (χ4n) is 2.13. The number of benzene rings is 2. The smallest absolute Gasteiger partial charge is 0.279 e. The molecule has 0 saturated carbocycles. The predicted octanol–water partition coefficient (Wildman–Crippen LogP) is 3.21. The van der Waals surface area contributed by atoms with E-state index in [0.29, 0.717) is 22.5 Å². The number of thiazole rings is 1. The summed E-state index contributed by atoms with van der Waals surface area (Å²) in [5.41, 5.74) is 2.15. The molecular formula is C18H13N3OS. The molecule has 0 fully saturated rings.